The average molecular weight is 503 g/mol. The number of carboxylic acids is 6. The Morgan fingerprint density at radius 2 is 0.531 bits per heavy atom. The minimum absolute atomic E-state index is 0. The zero-order chi connectivity index (χ0) is 25.7. The van der Waals surface area contributed by atoms with Crippen LogP contribution in [-0.4, -0.2) is 105 Å². The van der Waals surface area contributed by atoms with Gasteiger partial charge < -0.3 is 40.2 Å². The van der Waals surface area contributed by atoms with Gasteiger partial charge in [0.25, 0.3) is 0 Å². The van der Waals surface area contributed by atoms with Crippen molar-refractivity contribution >= 4 is 84.5 Å². The molecule has 0 fully saturated rings. The Morgan fingerprint density at radius 3 is 0.531 bits per heavy atom. The van der Waals surface area contributed by atoms with E-state index in [1.54, 1.807) is 0 Å². The van der Waals surface area contributed by atoms with Gasteiger partial charge in [-0.2, -0.15) is 0 Å². The summed E-state index contributed by atoms with van der Waals surface area (Å²) in [5.41, 5.74) is 0. The molecule has 0 aromatic rings. The molecule has 32 heavy (non-hydrogen) atoms. The van der Waals surface area contributed by atoms with Crippen molar-refractivity contribution in [1.82, 2.24) is 0 Å². The monoisotopic (exact) mass is 502 g/mol. The number of hydrogen-bond donors (Lipinski definition) is 4. The van der Waals surface area contributed by atoms with Crippen LogP contribution < -0.4 is 10.2 Å². The molecule has 0 saturated carbocycles. The molecule has 0 aromatic heterocycles. The van der Waals surface area contributed by atoms with Crippen LogP contribution in [0.15, 0.2) is 75.9 Å². The first-order chi connectivity index (χ1) is 13.6. The number of hydrogen-bond acceptors (Lipinski definition) is 8. The second-order valence-corrected chi connectivity index (χ2v) is 3.22. The molecule has 0 amide bonds. The van der Waals surface area contributed by atoms with E-state index in [0.29, 0.717) is 0 Å². The third-order valence-corrected chi connectivity index (χ3v) is 1.03. The third-order valence-electron chi connectivity index (χ3n) is 1.03. The van der Waals surface area contributed by atoms with Crippen LogP contribution in [0.1, 0.15) is 0 Å². The maximum atomic E-state index is 9.25. The van der Waals surface area contributed by atoms with Crippen molar-refractivity contribution < 1.29 is 59.4 Å². The molecule has 0 spiro atoms. The van der Waals surface area contributed by atoms with Crippen LogP contribution in [0.3, 0.4) is 0 Å². The van der Waals surface area contributed by atoms with E-state index in [1.165, 1.54) is 0 Å². The molecule has 0 rings (SSSR count). The van der Waals surface area contributed by atoms with Crippen LogP contribution in [0, 0.1) is 0 Å². The molecule has 0 saturated heterocycles. The van der Waals surface area contributed by atoms with Gasteiger partial charge in [-0.3, -0.25) is 0 Å². The Kier molecular flexibility index (Phi) is 74.1. The summed E-state index contributed by atoms with van der Waals surface area (Å²) >= 11 is 0. The molecule has 0 bridgehead atoms. The quantitative estimate of drug-likeness (QED) is 0.211. The fourth-order valence-electron chi connectivity index (χ4n) is 0. The fourth-order valence-corrected chi connectivity index (χ4v) is 0. The summed E-state index contributed by atoms with van der Waals surface area (Å²) in [6, 6.07) is 0. The van der Waals surface area contributed by atoms with E-state index >= 15 is 0 Å². The van der Waals surface area contributed by atoms with Gasteiger partial charge in [0.05, 0.1) is 11.9 Å². The smallest absolute Gasteiger partial charge is 0.545 e. The normalized spacial score (nSPS) is 6.00. The molecule has 0 aliphatic heterocycles. The number of carboxylic acid groups (broad SMARTS) is 6. The topological polar surface area (TPSA) is 229 Å². The maximum absolute atomic E-state index is 9.25. The summed E-state index contributed by atoms with van der Waals surface area (Å²) in [6.07, 6.45) is 4.78. The Balaban J connectivity index is -0.0000000356. The zero-order valence-electron chi connectivity index (χ0n) is 16.5. The van der Waals surface area contributed by atoms with Crippen molar-refractivity contribution in [2.45, 2.75) is 0 Å². The van der Waals surface area contributed by atoms with Gasteiger partial charge in [-0.05, 0) is 23.1 Å². The first-order valence-corrected chi connectivity index (χ1v) is 6.71. The molecule has 0 radical (unpaired) electrons. The molecule has 0 heterocycles. The second-order valence-electron chi connectivity index (χ2n) is 3.22. The van der Waals surface area contributed by atoms with Gasteiger partial charge in [0.2, 0.25) is 0 Å². The van der Waals surface area contributed by atoms with Gasteiger partial charge in [-0.1, -0.05) is 39.5 Å². The van der Waals surface area contributed by atoms with E-state index in [1.807, 2.05) is 0 Å². The fraction of sp³-hybridized carbons (Fsp3) is 0. The van der Waals surface area contributed by atoms with Crippen LogP contribution in [0.25, 0.3) is 0 Å². The molecule has 0 aliphatic rings. The molecule has 0 aromatic carbocycles. The van der Waals surface area contributed by atoms with E-state index in [9.17, 15) is 19.2 Å². The molecule has 4 N–H and O–H groups in total. The van der Waals surface area contributed by atoms with Crippen LogP contribution >= 0.6 is 0 Å². The van der Waals surface area contributed by atoms with E-state index < -0.39 is 35.8 Å². The average Bonchev–Trinajstić information content (AvgIpc) is 2.69. The van der Waals surface area contributed by atoms with Crippen LogP contribution in [0.5, 0.6) is 0 Å². The SMILES string of the molecule is C=CC(=O)O.C=CC(=O)O.C=CC(=O)O.C=CC(=O)O.C=CC(=O)[O-].C=CC(=O)[O-].[Ca+2].[SiH4]. The van der Waals surface area contributed by atoms with Gasteiger partial charge in [-0.15, -0.1) is 0 Å². The Morgan fingerprint density at radius 1 is 0.469 bits per heavy atom. The van der Waals surface area contributed by atoms with Gasteiger partial charge in [0, 0.05) is 24.3 Å². The van der Waals surface area contributed by atoms with Gasteiger partial charge in [-0.25, -0.2) is 19.2 Å². The molecule has 0 unspecified atom stereocenters. The predicted molar refractivity (Wildman–Crippen MR) is 119 cm³/mol. The van der Waals surface area contributed by atoms with Crippen molar-refractivity contribution in [3.63, 3.8) is 0 Å². The van der Waals surface area contributed by atoms with Crippen molar-refractivity contribution in [2.75, 3.05) is 0 Å². The molecular weight excluding hydrogens is 476 g/mol. The van der Waals surface area contributed by atoms with E-state index in [4.69, 9.17) is 40.2 Å². The summed E-state index contributed by atoms with van der Waals surface area (Å²) in [4.78, 5) is 55.3. The van der Waals surface area contributed by atoms with E-state index in [-0.39, 0.29) is 48.7 Å². The molecule has 0 aliphatic carbocycles. The molecule has 12 nitrogen and oxygen atoms in total. The summed E-state index contributed by atoms with van der Waals surface area (Å²) in [6.45, 7) is 17.6. The Labute approximate surface area is 218 Å². The maximum Gasteiger partial charge on any atom is 2.00 e. The van der Waals surface area contributed by atoms with Crippen LogP contribution in [0.4, 0.5) is 0 Å². The number of rotatable bonds is 6. The molecule has 14 heteroatoms. The first-order valence-electron chi connectivity index (χ1n) is 6.71. The second kappa shape index (κ2) is 46.1. The predicted octanol–water partition coefficient (Wildman–Crippen LogP) is -2.96. The summed E-state index contributed by atoms with van der Waals surface area (Å²) in [5.74, 6) is -6.39. The van der Waals surface area contributed by atoms with Gasteiger partial charge >= 0.3 is 61.6 Å². The number of carbonyl (C=O) groups is 6. The van der Waals surface area contributed by atoms with E-state index in [0.717, 1.165) is 36.5 Å². The third kappa shape index (κ3) is 232. The van der Waals surface area contributed by atoms with Crippen LogP contribution in [-0.2, 0) is 28.8 Å². The molecule has 176 valence electrons. The summed E-state index contributed by atoms with van der Waals surface area (Å²) < 4.78 is 0. The standard InChI is InChI=1S/6C3H4O2.Ca.H4Si/c6*1-2-3(4)5;;/h6*2H,1H2,(H,4,5);;1H4/q;;;;;;+2;/p-2. The van der Waals surface area contributed by atoms with Crippen molar-refractivity contribution in [2.24, 2.45) is 0 Å². The number of carbonyl (C=O) groups excluding carboxylic acids is 2. The van der Waals surface area contributed by atoms with Crippen LogP contribution in [0.2, 0.25) is 0 Å². The minimum atomic E-state index is -1.23. The Hall–Kier alpha value is -3.26. The number of aliphatic carboxylic acids is 6. The van der Waals surface area contributed by atoms with Gasteiger partial charge in [0.1, 0.15) is 0 Å². The van der Waals surface area contributed by atoms with Crippen molar-refractivity contribution in [3.8, 4) is 0 Å². The summed E-state index contributed by atoms with van der Waals surface area (Å²) in [7, 11) is 0. The van der Waals surface area contributed by atoms with E-state index in [2.05, 4.69) is 39.5 Å². The summed E-state index contributed by atoms with van der Waals surface area (Å²) in [5, 5.41) is 48.7. The minimum Gasteiger partial charge on any atom is -0.545 e. The Bertz CT molecular complexity index is 488. The largest absolute Gasteiger partial charge is 2.00 e. The van der Waals surface area contributed by atoms with Gasteiger partial charge in [0.15, 0.2) is 0 Å². The van der Waals surface area contributed by atoms with Crippen molar-refractivity contribution in [1.29, 1.82) is 0 Å². The first kappa shape index (κ1) is 51.4. The zero-order valence-corrected chi connectivity index (χ0v) is 18.7. The van der Waals surface area contributed by atoms with Crippen molar-refractivity contribution in [3.05, 3.63) is 75.9 Å². The molecule has 0 atom stereocenters. The molecular formula is C18H26CaO12Si.